The summed E-state index contributed by atoms with van der Waals surface area (Å²) in [6.07, 6.45) is -3.94. The lowest BCUT2D eigenvalue weighted by atomic mass is 10.1. The fourth-order valence-corrected chi connectivity index (χ4v) is 2.22. The van der Waals surface area contributed by atoms with Gasteiger partial charge in [0.15, 0.2) is 24.2 Å². The number of carbonyl (C=O) groups is 1. The Labute approximate surface area is 111 Å². The minimum atomic E-state index is -1.89. The number of ether oxygens (including phenoxy) is 1. The number of imidazole rings is 1. The van der Waals surface area contributed by atoms with Gasteiger partial charge in [-0.25, -0.2) is 24.1 Å². The Morgan fingerprint density at radius 3 is 2.85 bits per heavy atom. The zero-order chi connectivity index (χ0) is 14.4. The van der Waals surface area contributed by atoms with Gasteiger partial charge in [-0.1, -0.05) is 0 Å². The van der Waals surface area contributed by atoms with E-state index in [4.69, 9.17) is 9.84 Å². The maximum absolute atomic E-state index is 14.1. The number of hydrogen-bond acceptors (Lipinski definition) is 6. The molecule has 1 aliphatic rings. The molecule has 20 heavy (non-hydrogen) atoms. The zero-order valence-electron chi connectivity index (χ0n) is 10.3. The highest BCUT2D eigenvalue weighted by molar-refractivity contribution is 5.74. The van der Waals surface area contributed by atoms with E-state index in [0.717, 1.165) is 0 Å². The number of aryl methyl sites for hydroxylation is 1. The highest BCUT2D eigenvalue weighted by Gasteiger charge is 2.49. The average Bonchev–Trinajstić information content (AvgIpc) is 2.94. The van der Waals surface area contributed by atoms with Crippen molar-refractivity contribution < 1.29 is 24.1 Å². The van der Waals surface area contributed by atoms with Crippen LogP contribution in [-0.2, 0) is 9.53 Å². The molecule has 3 rings (SSSR count). The Hall–Kier alpha value is -2.13. The number of aliphatic hydroxyl groups is 1. The van der Waals surface area contributed by atoms with Crippen molar-refractivity contribution in [1.29, 1.82) is 0 Å². The lowest BCUT2D eigenvalue weighted by molar-refractivity contribution is -0.155. The standard InChI is InChI=1S/C11H11FN4O4/c1-4-6-9(14-2-13-4)16(3-15-6)10-5(12)7(17)8(20-10)11(18)19/h2-3,5,7-8,10,17H,1H3,(H,18,19)/t5-,7-,8-,10?/m0/s1. The van der Waals surface area contributed by atoms with Crippen LogP contribution in [0.3, 0.4) is 0 Å². The van der Waals surface area contributed by atoms with Crippen LogP contribution in [0.25, 0.3) is 11.2 Å². The average molecular weight is 282 g/mol. The predicted octanol–water partition coefficient (Wildman–Crippen LogP) is -0.184. The molecule has 106 valence electrons. The van der Waals surface area contributed by atoms with Crippen molar-refractivity contribution in [2.24, 2.45) is 0 Å². The van der Waals surface area contributed by atoms with Crippen molar-refractivity contribution in [3.8, 4) is 0 Å². The number of alkyl halides is 1. The molecule has 2 N–H and O–H groups in total. The van der Waals surface area contributed by atoms with E-state index in [0.29, 0.717) is 16.9 Å². The summed E-state index contributed by atoms with van der Waals surface area (Å²) in [5.41, 5.74) is 1.40. The highest BCUT2D eigenvalue weighted by atomic mass is 19.1. The van der Waals surface area contributed by atoms with E-state index in [-0.39, 0.29) is 0 Å². The van der Waals surface area contributed by atoms with E-state index in [1.807, 2.05) is 0 Å². The molecule has 1 saturated heterocycles. The summed E-state index contributed by atoms with van der Waals surface area (Å²) in [7, 11) is 0. The van der Waals surface area contributed by atoms with E-state index in [1.165, 1.54) is 17.2 Å². The summed E-state index contributed by atoms with van der Waals surface area (Å²) in [5, 5.41) is 18.4. The zero-order valence-corrected chi connectivity index (χ0v) is 10.3. The Balaban J connectivity index is 2.04. The minimum absolute atomic E-state index is 0.323. The van der Waals surface area contributed by atoms with Crippen LogP contribution >= 0.6 is 0 Å². The second-order valence-corrected chi connectivity index (χ2v) is 4.50. The van der Waals surface area contributed by atoms with Crippen LogP contribution in [0.5, 0.6) is 0 Å². The summed E-state index contributed by atoms with van der Waals surface area (Å²) in [6, 6.07) is 0. The predicted molar refractivity (Wildman–Crippen MR) is 62.5 cm³/mol. The molecular weight excluding hydrogens is 271 g/mol. The number of halogens is 1. The third kappa shape index (κ3) is 1.74. The maximum Gasteiger partial charge on any atom is 0.335 e. The molecular formula is C11H11FN4O4. The molecule has 0 spiro atoms. The van der Waals surface area contributed by atoms with Crippen LogP contribution in [0, 0.1) is 6.92 Å². The molecule has 9 heteroatoms. The van der Waals surface area contributed by atoms with Crippen LogP contribution in [-0.4, -0.2) is 54.1 Å². The van der Waals surface area contributed by atoms with Crippen LogP contribution in [0.4, 0.5) is 4.39 Å². The third-order valence-electron chi connectivity index (χ3n) is 3.25. The maximum atomic E-state index is 14.1. The number of hydrogen-bond donors (Lipinski definition) is 2. The first-order valence-corrected chi connectivity index (χ1v) is 5.85. The first-order valence-electron chi connectivity index (χ1n) is 5.85. The monoisotopic (exact) mass is 282 g/mol. The summed E-state index contributed by atoms with van der Waals surface area (Å²) < 4.78 is 20.4. The summed E-state index contributed by atoms with van der Waals surface area (Å²) >= 11 is 0. The van der Waals surface area contributed by atoms with Crippen molar-refractivity contribution in [2.75, 3.05) is 0 Å². The van der Waals surface area contributed by atoms with Crippen LogP contribution in [0.1, 0.15) is 11.9 Å². The number of rotatable bonds is 2. The third-order valence-corrected chi connectivity index (χ3v) is 3.25. The van der Waals surface area contributed by atoms with E-state index >= 15 is 0 Å². The van der Waals surface area contributed by atoms with Crippen molar-refractivity contribution >= 4 is 17.1 Å². The van der Waals surface area contributed by atoms with Gasteiger partial charge in [0.25, 0.3) is 0 Å². The summed E-state index contributed by atoms with van der Waals surface area (Å²) in [6.45, 7) is 1.72. The van der Waals surface area contributed by atoms with Gasteiger partial charge in [0, 0.05) is 0 Å². The number of aliphatic carboxylic acids is 1. The molecule has 1 aliphatic heterocycles. The van der Waals surface area contributed by atoms with Crippen molar-refractivity contribution in [2.45, 2.75) is 31.5 Å². The first kappa shape index (κ1) is 12.9. The van der Waals surface area contributed by atoms with Gasteiger partial charge in [0.05, 0.1) is 12.0 Å². The summed E-state index contributed by atoms with van der Waals surface area (Å²) in [4.78, 5) is 22.9. The molecule has 0 amide bonds. The number of aromatic nitrogens is 4. The fraction of sp³-hybridized carbons (Fsp3) is 0.455. The highest BCUT2D eigenvalue weighted by Crippen LogP contribution is 2.33. The molecule has 4 atom stereocenters. The second kappa shape index (κ2) is 4.46. The topological polar surface area (TPSA) is 110 Å². The Kier molecular flexibility index (Phi) is 2.87. The van der Waals surface area contributed by atoms with E-state index < -0.39 is 30.6 Å². The molecule has 1 unspecified atom stereocenters. The van der Waals surface area contributed by atoms with Crippen LogP contribution < -0.4 is 0 Å². The van der Waals surface area contributed by atoms with Gasteiger partial charge in [-0.05, 0) is 6.92 Å². The molecule has 0 bridgehead atoms. The number of fused-ring (bicyclic) bond motifs is 1. The molecule has 3 heterocycles. The molecule has 2 aromatic heterocycles. The van der Waals surface area contributed by atoms with Gasteiger partial charge >= 0.3 is 5.97 Å². The normalized spacial score (nSPS) is 29.9. The van der Waals surface area contributed by atoms with E-state index in [1.54, 1.807) is 6.92 Å². The molecule has 0 aromatic carbocycles. The van der Waals surface area contributed by atoms with Crippen molar-refractivity contribution in [3.63, 3.8) is 0 Å². The van der Waals surface area contributed by atoms with Gasteiger partial charge < -0.3 is 14.9 Å². The molecule has 0 aliphatic carbocycles. The first-order chi connectivity index (χ1) is 9.50. The van der Waals surface area contributed by atoms with Gasteiger partial charge in [0.2, 0.25) is 0 Å². The van der Waals surface area contributed by atoms with Crippen LogP contribution in [0.2, 0.25) is 0 Å². The largest absolute Gasteiger partial charge is 0.479 e. The van der Waals surface area contributed by atoms with Crippen molar-refractivity contribution in [3.05, 3.63) is 18.3 Å². The quantitative estimate of drug-likeness (QED) is 0.785. The van der Waals surface area contributed by atoms with Gasteiger partial charge in [0.1, 0.15) is 17.9 Å². The molecule has 0 radical (unpaired) electrons. The Bertz CT molecular complexity index is 675. The minimum Gasteiger partial charge on any atom is -0.479 e. The number of aliphatic hydroxyl groups excluding tert-OH is 1. The van der Waals surface area contributed by atoms with E-state index in [2.05, 4.69) is 15.0 Å². The smallest absolute Gasteiger partial charge is 0.335 e. The molecule has 0 saturated carbocycles. The second-order valence-electron chi connectivity index (χ2n) is 4.50. The van der Waals surface area contributed by atoms with Gasteiger partial charge in [-0.2, -0.15) is 0 Å². The van der Waals surface area contributed by atoms with Gasteiger partial charge in [-0.15, -0.1) is 0 Å². The fourth-order valence-electron chi connectivity index (χ4n) is 2.22. The molecule has 8 nitrogen and oxygen atoms in total. The van der Waals surface area contributed by atoms with Crippen LogP contribution in [0.15, 0.2) is 12.7 Å². The SMILES string of the molecule is Cc1ncnc2c1ncn2C1O[C@H](C(=O)O)[C@@H](O)[C@@H]1F. The molecule has 1 fully saturated rings. The Morgan fingerprint density at radius 2 is 2.20 bits per heavy atom. The lowest BCUT2D eigenvalue weighted by Crippen LogP contribution is -2.34. The number of nitrogens with zero attached hydrogens (tertiary/aromatic N) is 4. The van der Waals surface area contributed by atoms with Gasteiger partial charge in [-0.3, -0.25) is 4.57 Å². The number of carboxylic acid groups (broad SMARTS) is 1. The molecule has 2 aromatic rings. The summed E-state index contributed by atoms with van der Waals surface area (Å²) in [5.74, 6) is -1.42. The van der Waals surface area contributed by atoms with Crippen molar-refractivity contribution in [1.82, 2.24) is 19.5 Å². The Morgan fingerprint density at radius 1 is 1.45 bits per heavy atom. The van der Waals surface area contributed by atoms with E-state index in [9.17, 15) is 14.3 Å². The lowest BCUT2D eigenvalue weighted by Gasteiger charge is -2.14. The number of carboxylic acids is 1.